The maximum atomic E-state index is 12.4. The minimum Gasteiger partial charge on any atom is -0.404 e. The summed E-state index contributed by atoms with van der Waals surface area (Å²) in [6.07, 6.45) is -4.82. The molecule has 2 rings (SSSR count). The number of carbonyl (C=O) groups is 1. The standard InChI is InChI=1S/C15H11F3INO2/c1-9-5-4-6-10(13(9)19)14(21)20-11-7-2-3-8-12(11)22-15(16,17)18/h2-8H,1H3,(H,20,21). The van der Waals surface area contributed by atoms with E-state index >= 15 is 0 Å². The number of alkyl halides is 3. The molecule has 0 aliphatic carbocycles. The second-order valence-electron chi connectivity index (χ2n) is 4.43. The summed E-state index contributed by atoms with van der Waals surface area (Å²) in [6.45, 7) is 1.85. The van der Waals surface area contributed by atoms with Gasteiger partial charge in [-0.1, -0.05) is 24.3 Å². The summed E-state index contributed by atoms with van der Waals surface area (Å²) >= 11 is 2.02. The van der Waals surface area contributed by atoms with Crippen LogP contribution >= 0.6 is 22.6 Å². The average molecular weight is 421 g/mol. The highest BCUT2D eigenvalue weighted by Gasteiger charge is 2.32. The van der Waals surface area contributed by atoms with Gasteiger partial charge >= 0.3 is 6.36 Å². The Morgan fingerprint density at radius 1 is 1.14 bits per heavy atom. The number of benzene rings is 2. The quantitative estimate of drug-likeness (QED) is 0.727. The summed E-state index contributed by atoms with van der Waals surface area (Å²) in [5.74, 6) is -0.947. The Labute approximate surface area is 138 Å². The minimum absolute atomic E-state index is 0.0397. The van der Waals surface area contributed by atoms with Gasteiger partial charge in [-0.3, -0.25) is 4.79 Å². The Kier molecular flexibility index (Phi) is 4.94. The minimum atomic E-state index is -4.82. The number of aryl methyl sites for hydroxylation is 1. The zero-order valence-electron chi connectivity index (χ0n) is 11.4. The van der Waals surface area contributed by atoms with Crippen LogP contribution in [0.4, 0.5) is 18.9 Å². The van der Waals surface area contributed by atoms with Crippen LogP contribution in [0.1, 0.15) is 15.9 Å². The first-order valence-corrected chi connectivity index (χ1v) is 7.27. The summed E-state index contributed by atoms with van der Waals surface area (Å²) in [5.41, 5.74) is 1.26. The summed E-state index contributed by atoms with van der Waals surface area (Å²) < 4.78 is 41.7. The molecule has 0 aliphatic heterocycles. The number of ether oxygens (including phenoxy) is 1. The molecule has 0 radical (unpaired) electrons. The largest absolute Gasteiger partial charge is 0.573 e. The van der Waals surface area contributed by atoms with Crippen LogP contribution in [0.3, 0.4) is 0 Å². The molecular weight excluding hydrogens is 410 g/mol. The van der Waals surface area contributed by atoms with Gasteiger partial charge in [-0.25, -0.2) is 0 Å². The highest BCUT2D eigenvalue weighted by atomic mass is 127. The van der Waals surface area contributed by atoms with Crippen molar-refractivity contribution < 1.29 is 22.7 Å². The van der Waals surface area contributed by atoms with E-state index in [1.54, 1.807) is 12.1 Å². The lowest BCUT2D eigenvalue weighted by Crippen LogP contribution is -2.20. The van der Waals surface area contributed by atoms with E-state index < -0.39 is 18.0 Å². The second kappa shape index (κ2) is 6.55. The molecule has 2 aromatic carbocycles. The van der Waals surface area contributed by atoms with Crippen LogP contribution in [0.5, 0.6) is 5.75 Å². The Hall–Kier alpha value is -1.77. The smallest absolute Gasteiger partial charge is 0.404 e. The number of halogens is 4. The molecule has 0 saturated carbocycles. The van der Waals surface area contributed by atoms with Crippen molar-refractivity contribution >= 4 is 34.2 Å². The van der Waals surface area contributed by atoms with Crippen molar-refractivity contribution in [3.8, 4) is 5.75 Å². The number of para-hydroxylation sites is 2. The molecule has 0 fully saturated rings. The molecule has 116 valence electrons. The molecule has 7 heteroatoms. The third kappa shape index (κ3) is 4.12. The third-order valence-electron chi connectivity index (χ3n) is 2.80. The van der Waals surface area contributed by atoms with Gasteiger partial charge < -0.3 is 10.1 Å². The average Bonchev–Trinajstić information content (AvgIpc) is 2.42. The lowest BCUT2D eigenvalue weighted by molar-refractivity contribution is -0.274. The van der Waals surface area contributed by atoms with Crippen LogP contribution in [0, 0.1) is 10.5 Å². The van der Waals surface area contributed by atoms with Crippen molar-refractivity contribution in [3.05, 3.63) is 57.2 Å². The molecule has 0 unspecified atom stereocenters. The van der Waals surface area contributed by atoms with Gasteiger partial charge in [0.25, 0.3) is 5.91 Å². The molecule has 0 aromatic heterocycles. The Morgan fingerprint density at radius 3 is 2.50 bits per heavy atom. The topological polar surface area (TPSA) is 38.3 Å². The maximum absolute atomic E-state index is 12.4. The summed E-state index contributed by atoms with van der Waals surface area (Å²) in [7, 11) is 0. The number of carbonyl (C=O) groups excluding carboxylic acids is 1. The van der Waals surface area contributed by atoms with Gasteiger partial charge in [-0.05, 0) is 53.3 Å². The first-order valence-electron chi connectivity index (χ1n) is 6.19. The molecule has 0 spiro atoms. The van der Waals surface area contributed by atoms with E-state index in [9.17, 15) is 18.0 Å². The van der Waals surface area contributed by atoms with Crippen LogP contribution in [0.2, 0.25) is 0 Å². The molecule has 0 atom stereocenters. The van der Waals surface area contributed by atoms with E-state index in [1.807, 2.05) is 35.6 Å². The van der Waals surface area contributed by atoms with E-state index in [-0.39, 0.29) is 5.69 Å². The van der Waals surface area contributed by atoms with Gasteiger partial charge in [-0.15, -0.1) is 13.2 Å². The fourth-order valence-corrected chi connectivity index (χ4v) is 2.40. The summed E-state index contributed by atoms with van der Waals surface area (Å²) in [5, 5.41) is 2.45. The van der Waals surface area contributed by atoms with Crippen molar-refractivity contribution in [1.82, 2.24) is 0 Å². The predicted octanol–water partition coefficient (Wildman–Crippen LogP) is 4.75. The van der Waals surface area contributed by atoms with Gasteiger partial charge in [0.1, 0.15) is 0 Å². The highest BCUT2D eigenvalue weighted by Crippen LogP contribution is 2.30. The zero-order chi connectivity index (χ0) is 16.3. The number of rotatable bonds is 3. The van der Waals surface area contributed by atoms with E-state index in [4.69, 9.17) is 0 Å². The Balaban J connectivity index is 2.27. The number of hydrogen-bond acceptors (Lipinski definition) is 2. The molecule has 0 aliphatic rings. The van der Waals surface area contributed by atoms with Gasteiger partial charge in [0, 0.05) is 3.57 Å². The van der Waals surface area contributed by atoms with Crippen LogP contribution < -0.4 is 10.1 Å². The van der Waals surface area contributed by atoms with Crippen molar-refractivity contribution in [1.29, 1.82) is 0 Å². The van der Waals surface area contributed by atoms with Crippen LogP contribution in [-0.2, 0) is 0 Å². The Morgan fingerprint density at radius 2 is 1.82 bits per heavy atom. The predicted molar refractivity (Wildman–Crippen MR) is 85.0 cm³/mol. The van der Waals surface area contributed by atoms with Gasteiger partial charge in [0.05, 0.1) is 11.3 Å². The zero-order valence-corrected chi connectivity index (χ0v) is 13.5. The normalized spacial score (nSPS) is 11.1. The van der Waals surface area contributed by atoms with Crippen LogP contribution in [0.15, 0.2) is 42.5 Å². The van der Waals surface area contributed by atoms with Crippen molar-refractivity contribution in [3.63, 3.8) is 0 Å². The molecule has 0 saturated heterocycles. The molecule has 1 amide bonds. The van der Waals surface area contributed by atoms with Crippen molar-refractivity contribution in [2.45, 2.75) is 13.3 Å². The molecule has 0 bridgehead atoms. The maximum Gasteiger partial charge on any atom is 0.573 e. The first-order chi connectivity index (χ1) is 10.3. The number of nitrogens with one attached hydrogen (secondary N) is 1. The van der Waals surface area contributed by atoms with Crippen LogP contribution in [0.25, 0.3) is 0 Å². The first kappa shape index (κ1) is 16.6. The molecule has 2 aromatic rings. The molecule has 0 heterocycles. The van der Waals surface area contributed by atoms with E-state index in [0.717, 1.165) is 15.2 Å². The monoisotopic (exact) mass is 421 g/mol. The van der Waals surface area contributed by atoms with E-state index in [2.05, 4.69) is 10.1 Å². The fraction of sp³-hybridized carbons (Fsp3) is 0.133. The lowest BCUT2D eigenvalue weighted by atomic mass is 10.1. The Bertz CT molecular complexity index is 701. The second-order valence-corrected chi connectivity index (χ2v) is 5.51. The van der Waals surface area contributed by atoms with Crippen molar-refractivity contribution in [2.24, 2.45) is 0 Å². The number of amides is 1. The van der Waals surface area contributed by atoms with Gasteiger partial charge in [-0.2, -0.15) is 0 Å². The highest BCUT2D eigenvalue weighted by molar-refractivity contribution is 14.1. The summed E-state index contributed by atoms with van der Waals surface area (Å²) in [4.78, 5) is 12.3. The fourth-order valence-electron chi connectivity index (χ4n) is 1.80. The van der Waals surface area contributed by atoms with Gasteiger partial charge in [0.15, 0.2) is 5.75 Å². The van der Waals surface area contributed by atoms with Crippen molar-refractivity contribution in [2.75, 3.05) is 5.32 Å². The summed E-state index contributed by atoms with van der Waals surface area (Å²) in [6, 6.07) is 10.6. The third-order valence-corrected chi connectivity index (χ3v) is 4.23. The van der Waals surface area contributed by atoms with E-state index in [0.29, 0.717) is 5.56 Å². The molecule has 22 heavy (non-hydrogen) atoms. The number of anilines is 1. The number of hydrogen-bond donors (Lipinski definition) is 1. The molecule has 3 nitrogen and oxygen atoms in total. The lowest BCUT2D eigenvalue weighted by Gasteiger charge is -2.14. The molecular formula is C15H11F3INO2. The van der Waals surface area contributed by atoms with Gasteiger partial charge in [0.2, 0.25) is 0 Å². The van der Waals surface area contributed by atoms with E-state index in [1.165, 1.54) is 18.2 Å². The van der Waals surface area contributed by atoms with Crippen LogP contribution in [-0.4, -0.2) is 12.3 Å². The SMILES string of the molecule is Cc1cccc(C(=O)Nc2ccccc2OC(F)(F)F)c1I. The molecule has 1 N–H and O–H groups in total.